The first kappa shape index (κ1) is 12.4. The lowest BCUT2D eigenvalue weighted by molar-refractivity contribution is -0.143. The fourth-order valence-electron chi connectivity index (χ4n) is 3.44. The average Bonchev–Trinajstić information content (AvgIpc) is 2.87. The number of carboxylic acids is 1. The molecule has 0 bridgehead atoms. The second-order valence-corrected chi connectivity index (χ2v) is 5.27. The molecule has 17 heavy (non-hydrogen) atoms. The highest BCUT2D eigenvalue weighted by Crippen LogP contribution is 2.39. The topological polar surface area (TPSA) is 57.6 Å². The van der Waals surface area contributed by atoms with E-state index in [0.717, 1.165) is 19.3 Å². The van der Waals surface area contributed by atoms with Crippen LogP contribution in [0.5, 0.6) is 0 Å². The van der Waals surface area contributed by atoms with E-state index in [2.05, 4.69) is 0 Å². The monoisotopic (exact) mass is 239 g/mol. The van der Waals surface area contributed by atoms with E-state index in [4.69, 9.17) is 0 Å². The first-order valence-corrected chi connectivity index (χ1v) is 6.67. The molecule has 1 aliphatic heterocycles. The molecule has 1 heterocycles. The molecule has 4 nitrogen and oxygen atoms in total. The van der Waals surface area contributed by atoms with Crippen LogP contribution >= 0.6 is 0 Å². The van der Waals surface area contributed by atoms with Crippen LogP contribution in [-0.2, 0) is 9.59 Å². The number of hydrogen-bond donors (Lipinski definition) is 1. The van der Waals surface area contributed by atoms with Gasteiger partial charge in [0, 0.05) is 19.0 Å². The lowest BCUT2D eigenvalue weighted by Gasteiger charge is -2.31. The van der Waals surface area contributed by atoms with E-state index in [1.807, 2.05) is 11.8 Å². The van der Waals surface area contributed by atoms with Crippen molar-refractivity contribution in [2.24, 2.45) is 11.8 Å². The van der Waals surface area contributed by atoms with Crippen molar-refractivity contribution in [3.63, 3.8) is 0 Å². The molecule has 2 fully saturated rings. The van der Waals surface area contributed by atoms with E-state index in [1.165, 1.54) is 12.8 Å². The Bertz CT molecular complexity index is 310. The minimum absolute atomic E-state index is 0.0381. The average molecular weight is 239 g/mol. The maximum absolute atomic E-state index is 11.9. The molecule has 2 atom stereocenters. The predicted molar refractivity (Wildman–Crippen MR) is 63.5 cm³/mol. The minimum Gasteiger partial charge on any atom is -0.481 e. The number of carboxylic acid groups (broad SMARTS) is 1. The molecule has 0 unspecified atom stereocenters. The number of nitrogens with zero attached hydrogens (tertiary/aromatic N) is 1. The van der Waals surface area contributed by atoms with Crippen molar-refractivity contribution in [3.05, 3.63) is 0 Å². The van der Waals surface area contributed by atoms with Crippen molar-refractivity contribution in [1.82, 2.24) is 4.90 Å². The van der Waals surface area contributed by atoms with E-state index in [0.29, 0.717) is 12.5 Å². The van der Waals surface area contributed by atoms with Gasteiger partial charge in [0.1, 0.15) is 0 Å². The molecule has 2 rings (SSSR count). The summed E-state index contributed by atoms with van der Waals surface area (Å²) >= 11 is 0. The van der Waals surface area contributed by atoms with Gasteiger partial charge in [-0.05, 0) is 25.2 Å². The molecule has 1 saturated carbocycles. The third-order valence-corrected chi connectivity index (χ3v) is 4.15. The molecule has 1 amide bonds. The molecule has 0 aromatic heterocycles. The quantitative estimate of drug-likeness (QED) is 0.815. The van der Waals surface area contributed by atoms with Gasteiger partial charge in [0.25, 0.3) is 0 Å². The van der Waals surface area contributed by atoms with Crippen molar-refractivity contribution in [2.45, 2.75) is 51.5 Å². The lowest BCUT2D eigenvalue weighted by atomic mass is 9.87. The number of likely N-dealkylation sites (tertiary alicyclic amines) is 1. The van der Waals surface area contributed by atoms with Crippen molar-refractivity contribution in [2.75, 3.05) is 6.54 Å². The molecule has 4 heteroatoms. The summed E-state index contributed by atoms with van der Waals surface area (Å²) < 4.78 is 0. The summed E-state index contributed by atoms with van der Waals surface area (Å²) in [5.74, 6) is -0.823. The molecule has 2 aliphatic rings. The Morgan fingerprint density at radius 1 is 1.41 bits per heavy atom. The molecule has 0 aromatic rings. The Labute approximate surface area is 102 Å². The highest BCUT2D eigenvalue weighted by Gasteiger charge is 2.47. The van der Waals surface area contributed by atoms with Crippen molar-refractivity contribution in [3.8, 4) is 0 Å². The van der Waals surface area contributed by atoms with Gasteiger partial charge >= 0.3 is 5.97 Å². The first-order valence-electron chi connectivity index (χ1n) is 6.67. The Morgan fingerprint density at radius 2 is 2.06 bits per heavy atom. The minimum atomic E-state index is -0.797. The van der Waals surface area contributed by atoms with E-state index in [1.54, 1.807) is 0 Å². The third-order valence-electron chi connectivity index (χ3n) is 4.15. The molecule has 96 valence electrons. The van der Waals surface area contributed by atoms with Crippen molar-refractivity contribution >= 4 is 11.9 Å². The summed E-state index contributed by atoms with van der Waals surface area (Å²) in [6, 6.07) is -0.0394. The van der Waals surface area contributed by atoms with Gasteiger partial charge in [-0.15, -0.1) is 0 Å². The number of rotatable bonds is 4. The zero-order valence-electron chi connectivity index (χ0n) is 10.4. The van der Waals surface area contributed by atoms with Crippen LogP contribution in [0.2, 0.25) is 0 Å². The summed E-state index contributed by atoms with van der Waals surface area (Å²) in [7, 11) is 0. The molecular weight excluding hydrogens is 218 g/mol. The Hall–Kier alpha value is -1.06. The van der Waals surface area contributed by atoms with Gasteiger partial charge in [-0.2, -0.15) is 0 Å². The van der Waals surface area contributed by atoms with Crippen molar-refractivity contribution in [1.29, 1.82) is 0 Å². The standard InChI is InChI=1S/C13H21NO3/c1-2-7-14-11(15)8-10(13(16)17)12(14)9-5-3-4-6-9/h9-10,12H,2-8H2,1H3,(H,16,17)/t10-,12+/m0/s1. The summed E-state index contributed by atoms with van der Waals surface area (Å²) in [5.41, 5.74) is 0. The van der Waals surface area contributed by atoms with E-state index in [9.17, 15) is 14.7 Å². The van der Waals surface area contributed by atoms with Crippen LogP contribution < -0.4 is 0 Å². The zero-order chi connectivity index (χ0) is 12.4. The number of carbonyl (C=O) groups excluding carboxylic acids is 1. The van der Waals surface area contributed by atoms with Gasteiger partial charge in [0.15, 0.2) is 0 Å². The molecule has 1 saturated heterocycles. The molecule has 0 spiro atoms. The molecule has 1 aliphatic carbocycles. The SMILES string of the molecule is CCCN1C(=O)C[C@H](C(=O)O)[C@H]1C1CCCC1. The Morgan fingerprint density at radius 3 is 2.59 bits per heavy atom. The van der Waals surface area contributed by atoms with Crippen molar-refractivity contribution < 1.29 is 14.7 Å². The molecular formula is C13H21NO3. The van der Waals surface area contributed by atoms with Gasteiger partial charge in [0.05, 0.1) is 5.92 Å². The number of hydrogen-bond acceptors (Lipinski definition) is 2. The van der Waals surface area contributed by atoms with E-state index >= 15 is 0 Å². The van der Waals surface area contributed by atoms with Gasteiger partial charge in [0.2, 0.25) is 5.91 Å². The summed E-state index contributed by atoms with van der Waals surface area (Å²) in [6.07, 6.45) is 5.64. The Kier molecular flexibility index (Phi) is 3.69. The van der Waals surface area contributed by atoms with E-state index in [-0.39, 0.29) is 18.4 Å². The molecule has 0 aromatic carbocycles. The highest BCUT2D eigenvalue weighted by molar-refractivity contribution is 5.87. The maximum Gasteiger partial charge on any atom is 0.309 e. The maximum atomic E-state index is 11.9. The fourth-order valence-corrected chi connectivity index (χ4v) is 3.44. The van der Waals surface area contributed by atoms with Crippen LogP contribution in [0.25, 0.3) is 0 Å². The summed E-state index contributed by atoms with van der Waals surface area (Å²) in [5, 5.41) is 9.27. The fraction of sp³-hybridized carbons (Fsp3) is 0.846. The lowest BCUT2D eigenvalue weighted by Crippen LogP contribution is -2.42. The van der Waals surface area contributed by atoms with E-state index < -0.39 is 11.9 Å². The summed E-state index contributed by atoms with van der Waals surface area (Å²) in [4.78, 5) is 25.0. The van der Waals surface area contributed by atoms with Crippen LogP contribution in [-0.4, -0.2) is 34.5 Å². The third kappa shape index (κ3) is 2.31. The van der Waals surface area contributed by atoms with Gasteiger partial charge in [-0.3, -0.25) is 9.59 Å². The van der Waals surface area contributed by atoms with Crippen LogP contribution in [0.1, 0.15) is 45.4 Å². The normalized spacial score (nSPS) is 30.2. The van der Waals surface area contributed by atoms with Crippen LogP contribution in [0, 0.1) is 11.8 Å². The highest BCUT2D eigenvalue weighted by atomic mass is 16.4. The first-order chi connectivity index (χ1) is 8.15. The number of amides is 1. The van der Waals surface area contributed by atoms with Crippen LogP contribution in [0.4, 0.5) is 0 Å². The molecule has 0 radical (unpaired) electrons. The van der Waals surface area contributed by atoms with Gasteiger partial charge in [-0.1, -0.05) is 19.8 Å². The predicted octanol–water partition coefficient (Wildman–Crippen LogP) is 1.89. The van der Waals surface area contributed by atoms with Gasteiger partial charge < -0.3 is 10.0 Å². The zero-order valence-corrected chi connectivity index (χ0v) is 10.4. The number of carbonyl (C=O) groups is 2. The largest absolute Gasteiger partial charge is 0.481 e. The second kappa shape index (κ2) is 5.07. The van der Waals surface area contributed by atoms with Crippen LogP contribution in [0.15, 0.2) is 0 Å². The molecule has 1 N–H and O–H groups in total. The summed E-state index contributed by atoms with van der Waals surface area (Å²) in [6.45, 7) is 2.75. The van der Waals surface area contributed by atoms with Crippen LogP contribution in [0.3, 0.4) is 0 Å². The Balaban J connectivity index is 2.18. The van der Waals surface area contributed by atoms with Gasteiger partial charge in [-0.25, -0.2) is 0 Å². The second-order valence-electron chi connectivity index (χ2n) is 5.27. The number of aliphatic carboxylic acids is 1. The smallest absolute Gasteiger partial charge is 0.309 e.